The summed E-state index contributed by atoms with van der Waals surface area (Å²) in [7, 11) is 0. The summed E-state index contributed by atoms with van der Waals surface area (Å²) in [5, 5.41) is 19.2. The maximum absolute atomic E-state index is 12.9. The van der Waals surface area contributed by atoms with Crippen LogP contribution in [0.15, 0.2) is 30.3 Å². The first-order valence-corrected chi connectivity index (χ1v) is 7.88. The standard InChI is InChI=1S/C19H14O7/c1-2-4-14(21)26-13-6-3-5-10-16(13)18(23)15-11(17(10)22)7-9(19(24)25)8-12(15)20/h3,5-8,20H,2,4H2,1H3,(H,24,25). The van der Waals surface area contributed by atoms with Crippen molar-refractivity contribution in [2.45, 2.75) is 19.8 Å². The highest BCUT2D eigenvalue weighted by molar-refractivity contribution is 6.30. The summed E-state index contributed by atoms with van der Waals surface area (Å²) in [6, 6.07) is 6.20. The Balaban J connectivity index is 2.17. The molecule has 0 aliphatic heterocycles. The molecule has 2 N–H and O–H groups in total. The minimum absolute atomic E-state index is 0.00811. The number of fused-ring (bicyclic) bond motifs is 2. The highest BCUT2D eigenvalue weighted by atomic mass is 16.5. The van der Waals surface area contributed by atoms with Crippen molar-refractivity contribution >= 4 is 23.5 Å². The van der Waals surface area contributed by atoms with Crippen LogP contribution in [0.2, 0.25) is 0 Å². The second-order valence-electron chi connectivity index (χ2n) is 5.78. The molecule has 0 saturated carbocycles. The van der Waals surface area contributed by atoms with Gasteiger partial charge in [-0.3, -0.25) is 14.4 Å². The second-order valence-corrected chi connectivity index (χ2v) is 5.78. The van der Waals surface area contributed by atoms with Crippen molar-refractivity contribution in [3.63, 3.8) is 0 Å². The Hall–Kier alpha value is -3.48. The summed E-state index contributed by atoms with van der Waals surface area (Å²) in [6.45, 7) is 1.80. The molecule has 0 atom stereocenters. The van der Waals surface area contributed by atoms with Crippen LogP contribution in [0.5, 0.6) is 11.5 Å². The Morgan fingerprint density at radius 3 is 2.42 bits per heavy atom. The number of hydrogen-bond acceptors (Lipinski definition) is 6. The number of ether oxygens (including phenoxy) is 1. The third kappa shape index (κ3) is 2.73. The van der Waals surface area contributed by atoms with E-state index in [0.717, 1.165) is 12.1 Å². The number of hydrogen-bond donors (Lipinski definition) is 2. The molecule has 0 heterocycles. The number of esters is 1. The van der Waals surface area contributed by atoms with Crippen molar-refractivity contribution in [2.24, 2.45) is 0 Å². The van der Waals surface area contributed by atoms with Crippen molar-refractivity contribution in [2.75, 3.05) is 0 Å². The lowest BCUT2D eigenvalue weighted by Gasteiger charge is -2.20. The minimum atomic E-state index is -1.34. The number of aromatic carboxylic acids is 1. The van der Waals surface area contributed by atoms with Gasteiger partial charge in [0.1, 0.15) is 11.5 Å². The quantitative estimate of drug-likeness (QED) is 0.546. The number of carboxylic acids is 1. The summed E-state index contributed by atoms with van der Waals surface area (Å²) in [4.78, 5) is 48.5. The molecular weight excluding hydrogens is 340 g/mol. The summed E-state index contributed by atoms with van der Waals surface area (Å²) in [5.41, 5.74) is -0.932. The summed E-state index contributed by atoms with van der Waals surface area (Å²) < 4.78 is 5.20. The molecule has 1 aliphatic rings. The molecule has 0 unspecified atom stereocenters. The Kier molecular flexibility index (Phi) is 4.29. The number of carboxylic acid groups (broad SMARTS) is 1. The van der Waals surface area contributed by atoms with Crippen LogP contribution in [0.4, 0.5) is 0 Å². The molecule has 0 saturated heterocycles. The van der Waals surface area contributed by atoms with Gasteiger partial charge < -0.3 is 14.9 Å². The topological polar surface area (TPSA) is 118 Å². The van der Waals surface area contributed by atoms with E-state index < -0.39 is 29.3 Å². The van der Waals surface area contributed by atoms with Crippen molar-refractivity contribution in [3.05, 3.63) is 58.1 Å². The third-order valence-corrected chi connectivity index (χ3v) is 4.01. The molecule has 7 heteroatoms. The third-order valence-electron chi connectivity index (χ3n) is 4.01. The average molecular weight is 354 g/mol. The number of carbonyl (C=O) groups excluding carboxylic acids is 3. The maximum atomic E-state index is 12.9. The van der Waals surface area contributed by atoms with Crippen LogP contribution >= 0.6 is 0 Å². The SMILES string of the molecule is CCCC(=O)Oc1cccc2c1C(=O)c1c(O)cc(C(=O)O)cc1C2=O. The predicted octanol–water partition coefficient (Wildman–Crippen LogP) is 2.57. The highest BCUT2D eigenvalue weighted by Crippen LogP contribution is 2.37. The normalized spacial score (nSPS) is 12.3. The fraction of sp³-hybridized carbons (Fsp3) is 0.158. The van der Waals surface area contributed by atoms with Crippen LogP contribution in [-0.4, -0.2) is 33.7 Å². The van der Waals surface area contributed by atoms with E-state index in [1.807, 2.05) is 0 Å². The van der Waals surface area contributed by atoms with Crippen LogP contribution in [0.1, 0.15) is 62.0 Å². The van der Waals surface area contributed by atoms with Gasteiger partial charge in [-0.15, -0.1) is 0 Å². The second kappa shape index (κ2) is 6.44. The summed E-state index contributed by atoms with van der Waals surface area (Å²) in [5.74, 6) is -3.88. The van der Waals surface area contributed by atoms with Crippen molar-refractivity contribution < 1.29 is 34.1 Å². The Labute approximate surface area is 147 Å². The number of benzene rings is 2. The fourth-order valence-electron chi connectivity index (χ4n) is 2.86. The fourth-order valence-corrected chi connectivity index (χ4v) is 2.86. The molecule has 0 amide bonds. The molecule has 3 rings (SSSR count). The van der Waals surface area contributed by atoms with Gasteiger partial charge >= 0.3 is 11.9 Å². The molecule has 0 radical (unpaired) electrons. The zero-order valence-electron chi connectivity index (χ0n) is 13.7. The van der Waals surface area contributed by atoms with Gasteiger partial charge in [0.15, 0.2) is 5.78 Å². The van der Waals surface area contributed by atoms with E-state index in [-0.39, 0.29) is 40.0 Å². The first kappa shape index (κ1) is 17.3. The smallest absolute Gasteiger partial charge is 0.335 e. The lowest BCUT2D eigenvalue weighted by atomic mass is 9.82. The van der Waals surface area contributed by atoms with E-state index in [9.17, 15) is 24.3 Å². The molecule has 7 nitrogen and oxygen atoms in total. The Morgan fingerprint density at radius 2 is 1.77 bits per heavy atom. The lowest BCUT2D eigenvalue weighted by Crippen LogP contribution is -2.23. The van der Waals surface area contributed by atoms with Gasteiger partial charge in [0.25, 0.3) is 0 Å². The predicted molar refractivity (Wildman–Crippen MR) is 88.9 cm³/mol. The Bertz CT molecular complexity index is 972. The number of aromatic hydroxyl groups is 1. The maximum Gasteiger partial charge on any atom is 0.335 e. The van der Waals surface area contributed by atoms with E-state index in [1.165, 1.54) is 18.2 Å². The monoisotopic (exact) mass is 354 g/mol. The zero-order chi connectivity index (χ0) is 19.0. The van der Waals surface area contributed by atoms with Gasteiger partial charge in [0, 0.05) is 17.5 Å². The number of rotatable bonds is 4. The largest absolute Gasteiger partial charge is 0.507 e. The van der Waals surface area contributed by atoms with Crippen molar-refractivity contribution in [1.82, 2.24) is 0 Å². The summed E-state index contributed by atoms with van der Waals surface area (Å²) in [6.07, 6.45) is 0.706. The molecule has 2 aromatic rings. The van der Waals surface area contributed by atoms with E-state index >= 15 is 0 Å². The lowest BCUT2D eigenvalue weighted by molar-refractivity contribution is -0.134. The molecule has 0 aromatic heterocycles. The van der Waals surface area contributed by atoms with Crippen LogP contribution < -0.4 is 4.74 Å². The molecule has 0 spiro atoms. The van der Waals surface area contributed by atoms with Crippen molar-refractivity contribution in [3.8, 4) is 11.5 Å². The van der Waals surface area contributed by atoms with Gasteiger partial charge in [0.05, 0.1) is 16.7 Å². The van der Waals surface area contributed by atoms with E-state index in [2.05, 4.69) is 0 Å². The zero-order valence-corrected chi connectivity index (χ0v) is 13.7. The molecule has 1 aliphatic carbocycles. The molecule has 0 bridgehead atoms. The van der Waals surface area contributed by atoms with E-state index in [4.69, 9.17) is 9.84 Å². The van der Waals surface area contributed by atoms with Crippen molar-refractivity contribution in [1.29, 1.82) is 0 Å². The number of phenolic OH excluding ortho intramolecular Hbond substituents is 1. The molecule has 26 heavy (non-hydrogen) atoms. The average Bonchev–Trinajstić information content (AvgIpc) is 2.59. The molecule has 132 valence electrons. The summed E-state index contributed by atoms with van der Waals surface area (Å²) >= 11 is 0. The van der Waals surface area contributed by atoms with E-state index in [0.29, 0.717) is 6.42 Å². The van der Waals surface area contributed by atoms with Gasteiger partial charge in [-0.1, -0.05) is 19.1 Å². The Morgan fingerprint density at radius 1 is 1.04 bits per heavy atom. The first-order valence-electron chi connectivity index (χ1n) is 7.88. The van der Waals surface area contributed by atoms with Gasteiger partial charge in [0.2, 0.25) is 5.78 Å². The number of ketones is 2. The molecular formula is C19H14O7. The molecule has 0 fully saturated rings. The van der Waals surface area contributed by atoms with Crippen LogP contribution in [0.25, 0.3) is 0 Å². The van der Waals surface area contributed by atoms with Gasteiger partial charge in [-0.05, 0) is 24.6 Å². The van der Waals surface area contributed by atoms with Gasteiger partial charge in [-0.25, -0.2) is 4.79 Å². The van der Waals surface area contributed by atoms with Crippen LogP contribution in [-0.2, 0) is 4.79 Å². The van der Waals surface area contributed by atoms with Crippen LogP contribution in [0, 0.1) is 0 Å². The minimum Gasteiger partial charge on any atom is -0.507 e. The van der Waals surface area contributed by atoms with Crippen LogP contribution in [0.3, 0.4) is 0 Å². The molecule has 2 aromatic carbocycles. The van der Waals surface area contributed by atoms with E-state index in [1.54, 1.807) is 6.92 Å². The number of carbonyl (C=O) groups is 4. The first-order chi connectivity index (χ1) is 12.3. The van der Waals surface area contributed by atoms with Gasteiger partial charge in [-0.2, -0.15) is 0 Å². The number of phenols is 1. The highest BCUT2D eigenvalue weighted by Gasteiger charge is 2.35.